The van der Waals surface area contributed by atoms with Crippen LogP contribution in [0.1, 0.15) is 65.2 Å². The van der Waals surface area contributed by atoms with Crippen molar-refractivity contribution < 1.29 is 14.2 Å². The Morgan fingerprint density at radius 2 is 1.50 bits per heavy atom. The molecular weight excluding hydrogens is 276 g/mol. The van der Waals surface area contributed by atoms with Crippen molar-refractivity contribution in [2.75, 3.05) is 27.9 Å². The quantitative estimate of drug-likeness (QED) is 0.236. The minimum absolute atomic E-state index is 0.156. The van der Waals surface area contributed by atoms with Gasteiger partial charge < -0.3 is 14.2 Å². The summed E-state index contributed by atoms with van der Waals surface area (Å²) in [5, 5.41) is 0. The van der Waals surface area contributed by atoms with E-state index in [1.807, 2.05) is 0 Å². The SMILES string of the molecule is CC=CC(CCCCCCCC)C(CCOC)C(OC)OC. The number of ether oxygens (including phenoxy) is 3. The molecule has 0 aliphatic rings. The first kappa shape index (κ1) is 21.6. The first-order valence-corrected chi connectivity index (χ1v) is 8.92. The molecule has 0 aromatic rings. The molecule has 132 valence electrons. The molecule has 0 N–H and O–H groups in total. The van der Waals surface area contributed by atoms with Crippen molar-refractivity contribution in [3.8, 4) is 0 Å². The lowest BCUT2D eigenvalue weighted by molar-refractivity contribution is -0.150. The van der Waals surface area contributed by atoms with E-state index in [1.54, 1.807) is 21.3 Å². The average molecular weight is 315 g/mol. The van der Waals surface area contributed by atoms with E-state index in [4.69, 9.17) is 14.2 Å². The van der Waals surface area contributed by atoms with Crippen LogP contribution < -0.4 is 0 Å². The van der Waals surface area contributed by atoms with Crippen molar-refractivity contribution in [2.45, 2.75) is 71.5 Å². The average Bonchev–Trinajstić information content (AvgIpc) is 2.54. The van der Waals surface area contributed by atoms with Gasteiger partial charge in [-0.15, -0.1) is 0 Å². The summed E-state index contributed by atoms with van der Waals surface area (Å²) in [7, 11) is 5.21. The van der Waals surface area contributed by atoms with Gasteiger partial charge in [0.2, 0.25) is 0 Å². The molecule has 0 saturated carbocycles. The predicted octanol–water partition coefficient (Wildman–Crippen LogP) is 5.20. The van der Waals surface area contributed by atoms with Crippen molar-refractivity contribution in [3.63, 3.8) is 0 Å². The summed E-state index contributed by atoms with van der Waals surface area (Å²) >= 11 is 0. The molecule has 0 rings (SSSR count). The summed E-state index contributed by atoms with van der Waals surface area (Å²) < 4.78 is 16.3. The van der Waals surface area contributed by atoms with Crippen molar-refractivity contribution in [3.05, 3.63) is 12.2 Å². The normalized spacial score (nSPS) is 14.8. The number of hydrogen-bond acceptors (Lipinski definition) is 3. The molecule has 0 aromatic carbocycles. The van der Waals surface area contributed by atoms with Crippen LogP contribution in [-0.2, 0) is 14.2 Å². The molecule has 2 unspecified atom stereocenters. The van der Waals surface area contributed by atoms with Crippen LogP contribution in [0.15, 0.2) is 12.2 Å². The minimum Gasteiger partial charge on any atom is -0.385 e. The molecule has 2 atom stereocenters. The lowest BCUT2D eigenvalue weighted by Crippen LogP contribution is -2.31. The fourth-order valence-corrected chi connectivity index (χ4v) is 3.11. The molecule has 22 heavy (non-hydrogen) atoms. The van der Waals surface area contributed by atoms with E-state index < -0.39 is 0 Å². The van der Waals surface area contributed by atoms with Crippen LogP contribution in [0.2, 0.25) is 0 Å². The molecule has 3 heteroatoms. The van der Waals surface area contributed by atoms with Crippen LogP contribution in [0.5, 0.6) is 0 Å². The van der Waals surface area contributed by atoms with Gasteiger partial charge in [0.15, 0.2) is 6.29 Å². The Balaban J connectivity index is 4.47. The number of hydrogen-bond donors (Lipinski definition) is 0. The Morgan fingerprint density at radius 3 is 2.05 bits per heavy atom. The van der Waals surface area contributed by atoms with Crippen LogP contribution in [0, 0.1) is 11.8 Å². The molecule has 0 amide bonds. The van der Waals surface area contributed by atoms with Crippen molar-refractivity contribution in [1.82, 2.24) is 0 Å². The molecule has 0 aliphatic heterocycles. The van der Waals surface area contributed by atoms with Gasteiger partial charge in [-0.2, -0.15) is 0 Å². The van der Waals surface area contributed by atoms with Gasteiger partial charge in [-0.1, -0.05) is 57.6 Å². The van der Waals surface area contributed by atoms with Gasteiger partial charge in [0.1, 0.15) is 0 Å². The lowest BCUT2D eigenvalue weighted by Gasteiger charge is -2.30. The van der Waals surface area contributed by atoms with E-state index in [2.05, 4.69) is 26.0 Å². The summed E-state index contributed by atoms with van der Waals surface area (Å²) in [6.45, 7) is 5.10. The maximum Gasteiger partial charge on any atom is 0.160 e. The number of allylic oxidation sites excluding steroid dienone is 2. The number of rotatable bonds is 15. The third kappa shape index (κ3) is 9.60. The molecular formula is C19H38O3. The highest BCUT2D eigenvalue weighted by molar-refractivity contribution is 4.91. The molecule has 0 aromatic heterocycles. The zero-order valence-electron chi connectivity index (χ0n) is 15.5. The van der Waals surface area contributed by atoms with Crippen LogP contribution >= 0.6 is 0 Å². The standard InChI is InChI=1S/C19H38O3/c1-6-8-9-10-11-12-14-17(13-7-2)18(15-16-20-3)19(21-4)22-5/h7,13,17-19H,6,8-12,14-16H2,1-5H3. The fraction of sp³-hybridized carbons (Fsp3) is 0.895. The summed E-state index contributed by atoms with van der Waals surface area (Å²) in [5.74, 6) is 0.845. The molecule has 0 saturated heterocycles. The second-order valence-electron chi connectivity index (χ2n) is 6.03. The van der Waals surface area contributed by atoms with E-state index in [0.717, 1.165) is 13.0 Å². The maximum absolute atomic E-state index is 5.53. The van der Waals surface area contributed by atoms with Crippen LogP contribution in [0.4, 0.5) is 0 Å². The molecule has 0 radical (unpaired) electrons. The van der Waals surface area contributed by atoms with E-state index in [0.29, 0.717) is 11.8 Å². The maximum atomic E-state index is 5.53. The third-order valence-corrected chi connectivity index (χ3v) is 4.35. The van der Waals surface area contributed by atoms with Gasteiger partial charge in [-0.25, -0.2) is 0 Å². The lowest BCUT2D eigenvalue weighted by atomic mass is 9.84. The molecule has 0 fully saturated rings. The van der Waals surface area contributed by atoms with Crippen LogP contribution in [-0.4, -0.2) is 34.2 Å². The van der Waals surface area contributed by atoms with Gasteiger partial charge in [-0.05, 0) is 25.7 Å². The number of methoxy groups -OCH3 is 3. The monoisotopic (exact) mass is 314 g/mol. The Morgan fingerprint density at radius 1 is 0.864 bits per heavy atom. The van der Waals surface area contributed by atoms with Crippen molar-refractivity contribution >= 4 is 0 Å². The van der Waals surface area contributed by atoms with Gasteiger partial charge in [0.25, 0.3) is 0 Å². The van der Waals surface area contributed by atoms with Crippen LogP contribution in [0.25, 0.3) is 0 Å². The highest BCUT2D eigenvalue weighted by Crippen LogP contribution is 2.29. The second kappa shape index (κ2) is 15.5. The van der Waals surface area contributed by atoms with Gasteiger partial charge in [0, 0.05) is 33.9 Å². The van der Waals surface area contributed by atoms with Gasteiger partial charge in [0.05, 0.1) is 0 Å². The highest BCUT2D eigenvalue weighted by atomic mass is 16.7. The predicted molar refractivity (Wildman–Crippen MR) is 94.1 cm³/mol. The second-order valence-corrected chi connectivity index (χ2v) is 6.03. The smallest absolute Gasteiger partial charge is 0.160 e. The Labute approximate surface area is 138 Å². The Hall–Kier alpha value is -0.380. The number of unbranched alkanes of at least 4 members (excludes halogenated alkanes) is 5. The third-order valence-electron chi connectivity index (χ3n) is 4.35. The van der Waals surface area contributed by atoms with Crippen molar-refractivity contribution in [2.24, 2.45) is 11.8 Å². The summed E-state index contributed by atoms with van der Waals surface area (Å²) in [4.78, 5) is 0. The van der Waals surface area contributed by atoms with E-state index >= 15 is 0 Å². The molecule has 3 nitrogen and oxygen atoms in total. The summed E-state index contributed by atoms with van der Waals surface area (Å²) in [5.41, 5.74) is 0. The van der Waals surface area contributed by atoms with E-state index in [1.165, 1.54) is 44.9 Å². The first-order chi connectivity index (χ1) is 10.7. The Bertz CT molecular complexity index is 249. The zero-order valence-corrected chi connectivity index (χ0v) is 15.5. The molecule has 0 bridgehead atoms. The first-order valence-electron chi connectivity index (χ1n) is 8.92. The minimum atomic E-state index is -0.156. The molecule has 0 heterocycles. The van der Waals surface area contributed by atoms with Gasteiger partial charge in [-0.3, -0.25) is 0 Å². The van der Waals surface area contributed by atoms with Crippen molar-refractivity contribution in [1.29, 1.82) is 0 Å². The summed E-state index contributed by atoms with van der Waals surface area (Å²) in [6.07, 6.45) is 14.5. The largest absolute Gasteiger partial charge is 0.385 e. The zero-order chi connectivity index (χ0) is 16.6. The Kier molecular flexibility index (Phi) is 15.2. The van der Waals surface area contributed by atoms with E-state index in [-0.39, 0.29) is 6.29 Å². The fourth-order valence-electron chi connectivity index (χ4n) is 3.11. The topological polar surface area (TPSA) is 27.7 Å². The van der Waals surface area contributed by atoms with Gasteiger partial charge >= 0.3 is 0 Å². The van der Waals surface area contributed by atoms with E-state index in [9.17, 15) is 0 Å². The summed E-state index contributed by atoms with van der Waals surface area (Å²) in [6, 6.07) is 0. The molecule has 0 spiro atoms. The molecule has 0 aliphatic carbocycles. The highest BCUT2D eigenvalue weighted by Gasteiger charge is 2.27. The van der Waals surface area contributed by atoms with Crippen LogP contribution in [0.3, 0.4) is 0 Å².